The first kappa shape index (κ1) is 12.9. The van der Waals surface area contributed by atoms with E-state index in [1.165, 1.54) is 0 Å². The predicted octanol–water partition coefficient (Wildman–Crippen LogP) is 3.97. The molecule has 0 saturated heterocycles. The van der Waals surface area contributed by atoms with Crippen LogP contribution in [0, 0.1) is 0 Å². The zero-order valence-electron chi connectivity index (χ0n) is 10.5. The molecule has 0 amide bonds. The van der Waals surface area contributed by atoms with Gasteiger partial charge < -0.3 is 9.84 Å². The van der Waals surface area contributed by atoms with Gasteiger partial charge in [-0.25, -0.2) is 4.79 Å². The Morgan fingerprint density at radius 2 is 1.68 bits per heavy atom. The van der Waals surface area contributed by atoms with Crippen molar-refractivity contribution < 1.29 is 14.6 Å². The molecule has 96 valence electrons. The van der Waals surface area contributed by atoms with E-state index in [1.54, 1.807) is 31.2 Å². The van der Waals surface area contributed by atoms with Crippen molar-refractivity contribution in [3.63, 3.8) is 0 Å². The summed E-state index contributed by atoms with van der Waals surface area (Å²) < 4.78 is 5.74. The maximum atomic E-state index is 11.2. The first-order valence-corrected chi connectivity index (χ1v) is 5.94. The molecule has 0 heterocycles. The Labute approximate surface area is 111 Å². The molecular formula is C16H14O3. The summed E-state index contributed by atoms with van der Waals surface area (Å²) in [6.07, 6.45) is 1.56. The first-order chi connectivity index (χ1) is 9.22. The molecular weight excluding hydrogens is 240 g/mol. The molecule has 1 N–H and O–H groups in total. The van der Waals surface area contributed by atoms with Crippen molar-refractivity contribution in [2.24, 2.45) is 0 Å². The quantitative estimate of drug-likeness (QED) is 0.840. The molecule has 0 fully saturated rings. The Morgan fingerprint density at radius 3 is 2.32 bits per heavy atom. The van der Waals surface area contributed by atoms with E-state index >= 15 is 0 Å². The molecule has 0 bridgehead atoms. The van der Waals surface area contributed by atoms with Crippen molar-refractivity contribution in [1.82, 2.24) is 0 Å². The van der Waals surface area contributed by atoms with Gasteiger partial charge in [-0.05, 0) is 25.1 Å². The highest BCUT2D eigenvalue weighted by Crippen LogP contribution is 2.30. The van der Waals surface area contributed by atoms with Crippen LogP contribution in [0.1, 0.15) is 12.5 Å². The minimum Gasteiger partial charge on any atom is -0.478 e. The van der Waals surface area contributed by atoms with Gasteiger partial charge in [0.15, 0.2) is 0 Å². The van der Waals surface area contributed by atoms with E-state index in [9.17, 15) is 9.90 Å². The maximum Gasteiger partial charge on any atom is 0.336 e. The molecule has 0 atom stereocenters. The largest absolute Gasteiger partial charge is 0.478 e. The number of benzene rings is 2. The number of hydrogen-bond donors (Lipinski definition) is 1. The number of aliphatic carboxylic acids is 1. The fourth-order valence-electron chi connectivity index (χ4n) is 1.79. The summed E-state index contributed by atoms with van der Waals surface area (Å²) in [4.78, 5) is 11.2. The second-order valence-electron chi connectivity index (χ2n) is 3.92. The molecule has 2 aromatic carbocycles. The molecule has 2 aromatic rings. The smallest absolute Gasteiger partial charge is 0.336 e. The number of carbonyl (C=O) groups is 1. The highest BCUT2D eigenvalue weighted by Gasteiger charge is 2.14. The second-order valence-corrected chi connectivity index (χ2v) is 3.92. The first-order valence-electron chi connectivity index (χ1n) is 5.94. The van der Waals surface area contributed by atoms with Crippen LogP contribution >= 0.6 is 0 Å². The summed E-state index contributed by atoms with van der Waals surface area (Å²) in [5.74, 6) is 0.242. The summed E-state index contributed by atoms with van der Waals surface area (Å²) in [5.41, 5.74) is 0.799. The molecule has 19 heavy (non-hydrogen) atoms. The fourth-order valence-corrected chi connectivity index (χ4v) is 1.79. The Balaban J connectivity index is 2.39. The molecule has 0 aromatic heterocycles. The van der Waals surface area contributed by atoms with E-state index in [1.807, 2.05) is 36.4 Å². The van der Waals surface area contributed by atoms with Crippen molar-refractivity contribution in [3.05, 3.63) is 66.2 Å². The van der Waals surface area contributed by atoms with Crippen LogP contribution < -0.4 is 4.74 Å². The Morgan fingerprint density at radius 1 is 1.05 bits per heavy atom. The lowest BCUT2D eigenvalue weighted by atomic mass is 10.0. The highest BCUT2D eigenvalue weighted by molar-refractivity contribution is 6.16. The summed E-state index contributed by atoms with van der Waals surface area (Å²) in [6.45, 7) is 1.70. The van der Waals surface area contributed by atoms with E-state index in [2.05, 4.69) is 0 Å². The van der Waals surface area contributed by atoms with Gasteiger partial charge in [0, 0.05) is 5.56 Å². The van der Waals surface area contributed by atoms with E-state index in [0.29, 0.717) is 17.1 Å². The van der Waals surface area contributed by atoms with Gasteiger partial charge in [-0.1, -0.05) is 42.5 Å². The number of ether oxygens (including phenoxy) is 1. The van der Waals surface area contributed by atoms with Gasteiger partial charge in [-0.2, -0.15) is 0 Å². The molecule has 0 saturated carbocycles. The standard InChI is InChI=1S/C16H14O3/c1-2-13(16(17)18)14-10-6-7-11-15(14)19-12-8-4-3-5-9-12/h2-11H,1H3,(H,17,18)/b13-2+. The van der Waals surface area contributed by atoms with E-state index in [4.69, 9.17) is 4.74 Å². The second kappa shape index (κ2) is 5.87. The molecule has 3 heteroatoms. The number of para-hydroxylation sites is 2. The van der Waals surface area contributed by atoms with Gasteiger partial charge in [0.05, 0.1) is 5.57 Å². The molecule has 0 aliphatic heterocycles. The third kappa shape index (κ3) is 3.01. The molecule has 0 aliphatic carbocycles. The van der Waals surface area contributed by atoms with Crippen LogP contribution in [0.5, 0.6) is 11.5 Å². The number of allylic oxidation sites excluding steroid dienone is 1. The lowest BCUT2D eigenvalue weighted by molar-refractivity contribution is -0.130. The van der Waals surface area contributed by atoms with Crippen LogP contribution in [0.4, 0.5) is 0 Å². The average Bonchev–Trinajstić information content (AvgIpc) is 2.42. The minimum atomic E-state index is -0.966. The average molecular weight is 254 g/mol. The number of hydrogen-bond acceptors (Lipinski definition) is 2. The number of rotatable bonds is 4. The lowest BCUT2D eigenvalue weighted by Crippen LogP contribution is -2.01. The zero-order valence-corrected chi connectivity index (χ0v) is 10.5. The molecule has 0 unspecified atom stereocenters. The van der Waals surface area contributed by atoms with Gasteiger partial charge >= 0.3 is 5.97 Å². The van der Waals surface area contributed by atoms with Crippen LogP contribution in [-0.2, 0) is 4.79 Å². The SMILES string of the molecule is C/C=C(/C(=O)O)c1ccccc1Oc1ccccc1. The number of carboxylic acids is 1. The monoisotopic (exact) mass is 254 g/mol. The van der Waals surface area contributed by atoms with Crippen molar-refractivity contribution in [3.8, 4) is 11.5 Å². The van der Waals surface area contributed by atoms with Crippen LogP contribution in [0.2, 0.25) is 0 Å². The third-order valence-electron chi connectivity index (χ3n) is 2.67. The van der Waals surface area contributed by atoms with Crippen molar-refractivity contribution in [2.45, 2.75) is 6.92 Å². The minimum absolute atomic E-state index is 0.228. The molecule has 2 rings (SSSR count). The molecule has 0 spiro atoms. The fraction of sp³-hybridized carbons (Fsp3) is 0.0625. The molecule has 0 radical (unpaired) electrons. The topological polar surface area (TPSA) is 46.5 Å². The Bertz CT molecular complexity index is 600. The predicted molar refractivity (Wildman–Crippen MR) is 74.2 cm³/mol. The summed E-state index contributed by atoms with van der Waals surface area (Å²) in [5, 5.41) is 9.19. The Kier molecular flexibility index (Phi) is 3.98. The summed E-state index contributed by atoms with van der Waals surface area (Å²) >= 11 is 0. The normalized spacial score (nSPS) is 11.1. The number of carboxylic acid groups (broad SMARTS) is 1. The molecule has 0 aliphatic rings. The summed E-state index contributed by atoms with van der Waals surface area (Å²) in [7, 11) is 0. The van der Waals surface area contributed by atoms with E-state index in [0.717, 1.165) is 0 Å². The van der Waals surface area contributed by atoms with Crippen molar-refractivity contribution in [2.75, 3.05) is 0 Å². The van der Waals surface area contributed by atoms with Crippen molar-refractivity contribution >= 4 is 11.5 Å². The van der Waals surface area contributed by atoms with Crippen LogP contribution in [-0.4, -0.2) is 11.1 Å². The van der Waals surface area contributed by atoms with Crippen LogP contribution in [0.3, 0.4) is 0 Å². The van der Waals surface area contributed by atoms with Gasteiger partial charge in [-0.15, -0.1) is 0 Å². The summed E-state index contributed by atoms with van der Waals surface area (Å²) in [6, 6.07) is 16.4. The lowest BCUT2D eigenvalue weighted by Gasteiger charge is -2.11. The van der Waals surface area contributed by atoms with Crippen molar-refractivity contribution in [1.29, 1.82) is 0 Å². The maximum absolute atomic E-state index is 11.2. The highest BCUT2D eigenvalue weighted by atomic mass is 16.5. The third-order valence-corrected chi connectivity index (χ3v) is 2.67. The van der Waals surface area contributed by atoms with E-state index < -0.39 is 5.97 Å². The van der Waals surface area contributed by atoms with Crippen LogP contribution in [0.25, 0.3) is 5.57 Å². The van der Waals surface area contributed by atoms with Crippen LogP contribution in [0.15, 0.2) is 60.7 Å². The Hall–Kier alpha value is -2.55. The van der Waals surface area contributed by atoms with E-state index in [-0.39, 0.29) is 5.57 Å². The van der Waals surface area contributed by atoms with Gasteiger partial charge in [0.25, 0.3) is 0 Å². The van der Waals surface area contributed by atoms with Gasteiger partial charge in [-0.3, -0.25) is 0 Å². The zero-order chi connectivity index (χ0) is 13.7. The van der Waals surface area contributed by atoms with Gasteiger partial charge in [0.1, 0.15) is 11.5 Å². The van der Waals surface area contributed by atoms with Gasteiger partial charge in [0.2, 0.25) is 0 Å². The molecule has 3 nitrogen and oxygen atoms in total.